The number of rotatable bonds is 9. The van der Waals surface area contributed by atoms with E-state index in [9.17, 15) is 13.2 Å². The number of sulfonamides is 1. The Morgan fingerprint density at radius 3 is 2.20 bits per heavy atom. The van der Waals surface area contributed by atoms with E-state index in [1.165, 1.54) is 18.5 Å². The number of nitrogens with zero attached hydrogens (tertiary/aromatic N) is 4. The van der Waals surface area contributed by atoms with Gasteiger partial charge < -0.3 is 4.90 Å². The first kappa shape index (κ1) is 21.7. The molecule has 1 aromatic heterocycles. The summed E-state index contributed by atoms with van der Waals surface area (Å²) < 4.78 is 29.5. The van der Waals surface area contributed by atoms with Crippen molar-refractivity contribution < 1.29 is 13.2 Å². The van der Waals surface area contributed by atoms with Crippen LogP contribution in [-0.2, 0) is 23.1 Å². The van der Waals surface area contributed by atoms with Gasteiger partial charge >= 0.3 is 0 Å². The molecule has 9 heteroatoms. The molecule has 0 aliphatic heterocycles. The van der Waals surface area contributed by atoms with Gasteiger partial charge in [0.15, 0.2) is 0 Å². The van der Waals surface area contributed by atoms with Crippen LogP contribution in [0.15, 0.2) is 66.1 Å². The van der Waals surface area contributed by atoms with Crippen LogP contribution in [0.3, 0.4) is 0 Å². The third kappa shape index (κ3) is 5.31. The Morgan fingerprint density at radius 2 is 1.63 bits per heavy atom. The highest BCUT2D eigenvalue weighted by Crippen LogP contribution is 2.14. The number of amides is 1. The zero-order chi connectivity index (χ0) is 21.6. The van der Waals surface area contributed by atoms with Crippen molar-refractivity contribution in [2.24, 2.45) is 0 Å². The number of carbonyl (C=O) groups excluding carboxylic acids is 1. The lowest BCUT2D eigenvalue weighted by molar-refractivity contribution is 0.0773. The molecule has 30 heavy (non-hydrogen) atoms. The van der Waals surface area contributed by atoms with Crippen molar-refractivity contribution in [2.75, 3.05) is 13.1 Å². The average molecular weight is 428 g/mol. The highest BCUT2D eigenvalue weighted by atomic mass is 32.2. The van der Waals surface area contributed by atoms with Crippen molar-refractivity contribution in [2.45, 2.75) is 31.8 Å². The summed E-state index contributed by atoms with van der Waals surface area (Å²) in [5, 5.41) is 4.06. The van der Waals surface area contributed by atoms with Crippen molar-refractivity contribution in [1.82, 2.24) is 24.4 Å². The standard InChI is InChI=1S/C21H25N5O3S/c1-3-25(4-2)21(27)19-9-11-20(12-10-19)30(28,29)24-13-17-5-7-18(8-6-17)14-26-16-22-15-23-26/h5-12,15-16,24H,3-4,13-14H2,1-2H3. The molecule has 1 N–H and O–H groups in total. The Morgan fingerprint density at radius 1 is 1.00 bits per heavy atom. The summed E-state index contributed by atoms with van der Waals surface area (Å²) in [6.45, 7) is 5.80. The summed E-state index contributed by atoms with van der Waals surface area (Å²) in [6, 6.07) is 13.6. The minimum atomic E-state index is -3.68. The molecule has 0 aliphatic carbocycles. The second kappa shape index (κ2) is 9.64. The number of benzene rings is 2. The van der Waals surface area contributed by atoms with Crippen LogP contribution in [0.25, 0.3) is 0 Å². The zero-order valence-electron chi connectivity index (χ0n) is 17.0. The Kier molecular flexibility index (Phi) is 6.96. The summed E-state index contributed by atoms with van der Waals surface area (Å²) in [5.74, 6) is -0.108. The molecule has 158 valence electrons. The maximum Gasteiger partial charge on any atom is 0.253 e. The van der Waals surface area contributed by atoms with Crippen molar-refractivity contribution in [3.05, 3.63) is 77.9 Å². The van der Waals surface area contributed by atoms with Crippen LogP contribution < -0.4 is 4.72 Å². The largest absolute Gasteiger partial charge is 0.339 e. The third-order valence-corrected chi connectivity index (χ3v) is 6.18. The van der Waals surface area contributed by atoms with E-state index in [1.54, 1.807) is 28.0 Å². The van der Waals surface area contributed by atoms with E-state index >= 15 is 0 Å². The lowest BCUT2D eigenvalue weighted by Crippen LogP contribution is -2.30. The fourth-order valence-corrected chi connectivity index (χ4v) is 4.01. The molecule has 0 saturated carbocycles. The van der Waals surface area contributed by atoms with Gasteiger partial charge in [0, 0.05) is 25.2 Å². The van der Waals surface area contributed by atoms with Crippen LogP contribution in [0.5, 0.6) is 0 Å². The number of aromatic nitrogens is 3. The molecule has 1 heterocycles. The van der Waals surface area contributed by atoms with Gasteiger partial charge in [-0.05, 0) is 49.2 Å². The highest BCUT2D eigenvalue weighted by molar-refractivity contribution is 7.89. The molecule has 8 nitrogen and oxygen atoms in total. The Hall–Kier alpha value is -3.04. The van der Waals surface area contributed by atoms with E-state index in [0.717, 1.165) is 11.1 Å². The molecule has 2 aromatic carbocycles. The molecule has 0 fully saturated rings. The van der Waals surface area contributed by atoms with Crippen molar-refractivity contribution in [3.8, 4) is 0 Å². The zero-order valence-corrected chi connectivity index (χ0v) is 17.8. The first-order valence-corrected chi connectivity index (χ1v) is 11.2. The molecule has 0 unspecified atom stereocenters. The van der Waals surface area contributed by atoms with Gasteiger partial charge in [-0.1, -0.05) is 24.3 Å². The molecule has 3 aromatic rings. The van der Waals surface area contributed by atoms with Gasteiger partial charge in [0.05, 0.1) is 11.4 Å². The number of nitrogens with one attached hydrogen (secondary N) is 1. The molecule has 0 spiro atoms. The Bertz CT molecular complexity index is 1060. The minimum Gasteiger partial charge on any atom is -0.339 e. The molecule has 0 aliphatic rings. The summed E-state index contributed by atoms with van der Waals surface area (Å²) in [6.07, 6.45) is 3.12. The van der Waals surface area contributed by atoms with Gasteiger partial charge in [0.2, 0.25) is 10.0 Å². The van der Waals surface area contributed by atoms with E-state index < -0.39 is 10.0 Å². The quantitative estimate of drug-likeness (QED) is 0.565. The predicted octanol–water partition coefficient (Wildman–Crippen LogP) is 2.29. The average Bonchev–Trinajstić information content (AvgIpc) is 3.27. The maximum atomic E-state index is 12.6. The number of hydrogen-bond donors (Lipinski definition) is 1. The summed E-state index contributed by atoms with van der Waals surface area (Å²) in [4.78, 5) is 18.1. The summed E-state index contributed by atoms with van der Waals surface area (Å²) in [7, 11) is -3.68. The van der Waals surface area contributed by atoms with Crippen LogP contribution >= 0.6 is 0 Å². The topological polar surface area (TPSA) is 97.2 Å². The molecule has 0 atom stereocenters. The van der Waals surface area contributed by atoms with Gasteiger partial charge in [-0.15, -0.1) is 0 Å². The first-order valence-electron chi connectivity index (χ1n) is 9.72. The summed E-state index contributed by atoms with van der Waals surface area (Å²) in [5.41, 5.74) is 2.36. The smallest absolute Gasteiger partial charge is 0.253 e. The van der Waals surface area contributed by atoms with E-state index in [-0.39, 0.29) is 17.3 Å². The SMILES string of the molecule is CCN(CC)C(=O)c1ccc(S(=O)(=O)NCc2ccc(Cn3cncn3)cc2)cc1. The van der Waals surface area contributed by atoms with E-state index in [1.807, 2.05) is 38.1 Å². The van der Waals surface area contributed by atoms with Gasteiger partial charge in [-0.2, -0.15) is 5.10 Å². The molecular formula is C21H25N5O3S. The second-order valence-corrected chi connectivity index (χ2v) is 8.50. The maximum absolute atomic E-state index is 12.6. The van der Waals surface area contributed by atoms with E-state index in [2.05, 4.69) is 14.8 Å². The number of hydrogen-bond acceptors (Lipinski definition) is 5. The predicted molar refractivity (Wildman–Crippen MR) is 113 cm³/mol. The Labute approximate surface area is 176 Å². The highest BCUT2D eigenvalue weighted by Gasteiger charge is 2.16. The van der Waals surface area contributed by atoms with Crippen LogP contribution in [0.1, 0.15) is 35.3 Å². The monoisotopic (exact) mass is 427 g/mol. The third-order valence-electron chi connectivity index (χ3n) is 4.76. The molecule has 3 rings (SSSR count). The molecular weight excluding hydrogens is 402 g/mol. The van der Waals surface area contributed by atoms with Gasteiger partial charge in [-0.25, -0.2) is 22.8 Å². The molecule has 0 saturated heterocycles. The Balaban J connectivity index is 1.61. The van der Waals surface area contributed by atoms with Gasteiger partial charge in [0.1, 0.15) is 12.7 Å². The van der Waals surface area contributed by atoms with Gasteiger partial charge in [0.25, 0.3) is 5.91 Å². The second-order valence-electron chi connectivity index (χ2n) is 6.74. The van der Waals surface area contributed by atoms with Crippen molar-refractivity contribution in [3.63, 3.8) is 0 Å². The fourth-order valence-electron chi connectivity index (χ4n) is 3.00. The lowest BCUT2D eigenvalue weighted by atomic mass is 10.1. The van der Waals surface area contributed by atoms with Crippen LogP contribution in [-0.4, -0.2) is 47.1 Å². The van der Waals surface area contributed by atoms with Crippen molar-refractivity contribution in [1.29, 1.82) is 0 Å². The number of carbonyl (C=O) groups is 1. The molecule has 1 amide bonds. The van der Waals surface area contributed by atoms with Crippen LogP contribution in [0.2, 0.25) is 0 Å². The van der Waals surface area contributed by atoms with Crippen LogP contribution in [0, 0.1) is 0 Å². The van der Waals surface area contributed by atoms with E-state index in [0.29, 0.717) is 25.2 Å². The van der Waals surface area contributed by atoms with Crippen molar-refractivity contribution >= 4 is 15.9 Å². The summed E-state index contributed by atoms with van der Waals surface area (Å²) >= 11 is 0. The minimum absolute atomic E-state index is 0.108. The first-order chi connectivity index (χ1) is 14.4. The van der Waals surface area contributed by atoms with E-state index in [4.69, 9.17) is 0 Å². The van der Waals surface area contributed by atoms with Crippen LogP contribution in [0.4, 0.5) is 0 Å². The van der Waals surface area contributed by atoms with Gasteiger partial charge in [-0.3, -0.25) is 4.79 Å². The molecule has 0 bridgehead atoms. The normalized spacial score (nSPS) is 11.4. The molecule has 0 radical (unpaired) electrons. The lowest BCUT2D eigenvalue weighted by Gasteiger charge is -2.18. The fraction of sp³-hybridized carbons (Fsp3) is 0.286.